The zero-order chi connectivity index (χ0) is 13.8. The zero-order valence-electron chi connectivity index (χ0n) is 11.5. The Morgan fingerprint density at radius 3 is 2.90 bits per heavy atom. The average Bonchev–Trinajstić information content (AvgIpc) is 3.11. The molecule has 1 aromatic carbocycles. The van der Waals surface area contributed by atoms with Gasteiger partial charge in [-0.2, -0.15) is 0 Å². The molecule has 0 aliphatic carbocycles. The third-order valence-corrected chi connectivity index (χ3v) is 4.23. The first-order valence-electron chi connectivity index (χ1n) is 6.98. The molecular weight excluding hydrogens is 268 g/mol. The second-order valence-electron chi connectivity index (χ2n) is 4.80. The lowest BCUT2D eigenvalue weighted by Crippen LogP contribution is -2.23. The maximum atomic E-state index is 5.83. The van der Waals surface area contributed by atoms with E-state index < -0.39 is 0 Å². The highest BCUT2D eigenvalue weighted by molar-refractivity contribution is 7.10. The smallest absolute Gasteiger partial charge is 0.197 e. The molecule has 1 atom stereocenters. The van der Waals surface area contributed by atoms with Crippen LogP contribution in [0.5, 0.6) is 0 Å². The largest absolute Gasteiger partial charge is 0.441 e. The Balaban J connectivity index is 1.81. The van der Waals surface area contributed by atoms with Crippen molar-refractivity contribution < 1.29 is 4.42 Å². The summed E-state index contributed by atoms with van der Waals surface area (Å²) in [4.78, 5) is 5.90. The number of fused-ring (bicyclic) bond motifs is 1. The van der Waals surface area contributed by atoms with E-state index in [1.807, 2.05) is 24.3 Å². The molecule has 0 radical (unpaired) electrons. The lowest BCUT2D eigenvalue weighted by molar-refractivity contribution is 0.457. The van der Waals surface area contributed by atoms with Crippen molar-refractivity contribution in [1.82, 2.24) is 10.3 Å². The van der Waals surface area contributed by atoms with Gasteiger partial charge in [-0.3, -0.25) is 0 Å². The van der Waals surface area contributed by atoms with E-state index in [9.17, 15) is 0 Å². The van der Waals surface area contributed by atoms with E-state index in [1.165, 1.54) is 4.88 Å². The lowest BCUT2D eigenvalue weighted by atomic mass is 10.1. The molecule has 0 saturated heterocycles. The van der Waals surface area contributed by atoms with Crippen LogP contribution in [0.1, 0.15) is 30.2 Å². The number of hydrogen-bond acceptors (Lipinski definition) is 4. The fraction of sp³-hybridized carbons (Fsp3) is 0.312. The van der Waals surface area contributed by atoms with Gasteiger partial charge in [0.15, 0.2) is 11.5 Å². The summed E-state index contributed by atoms with van der Waals surface area (Å²) in [6, 6.07) is 12.5. The van der Waals surface area contributed by atoms with Gasteiger partial charge in [-0.05, 0) is 36.5 Å². The Morgan fingerprint density at radius 2 is 2.15 bits per heavy atom. The van der Waals surface area contributed by atoms with E-state index in [1.54, 1.807) is 11.3 Å². The first-order chi connectivity index (χ1) is 9.86. The van der Waals surface area contributed by atoms with Crippen molar-refractivity contribution in [1.29, 1.82) is 0 Å². The predicted molar refractivity (Wildman–Crippen MR) is 83.1 cm³/mol. The molecule has 2 aromatic heterocycles. The third-order valence-electron chi connectivity index (χ3n) is 3.24. The highest BCUT2D eigenvalue weighted by Gasteiger charge is 2.16. The van der Waals surface area contributed by atoms with Crippen LogP contribution in [0.15, 0.2) is 46.2 Å². The van der Waals surface area contributed by atoms with Crippen molar-refractivity contribution in [3.8, 4) is 0 Å². The van der Waals surface area contributed by atoms with Crippen LogP contribution in [0.2, 0.25) is 0 Å². The molecule has 104 valence electrons. The summed E-state index contributed by atoms with van der Waals surface area (Å²) in [6.45, 7) is 3.18. The molecule has 1 N–H and O–H groups in total. The number of rotatable bonds is 6. The van der Waals surface area contributed by atoms with Crippen LogP contribution >= 0.6 is 11.3 Å². The average molecular weight is 286 g/mol. The van der Waals surface area contributed by atoms with Crippen LogP contribution in [0.4, 0.5) is 0 Å². The molecule has 0 spiro atoms. The first kappa shape index (κ1) is 13.3. The molecule has 0 saturated carbocycles. The summed E-state index contributed by atoms with van der Waals surface area (Å²) in [5.41, 5.74) is 1.80. The highest BCUT2D eigenvalue weighted by Crippen LogP contribution is 2.24. The molecule has 0 aliphatic heterocycles. The van der Waals surface area contributed by atoms with Gasteiger partial charge in [-0.25, -0.2) is 4.98 Å². The van der Waals surface area contributed by atoms with Gasteiger partial charge in [0.1, 0.15) is 5.52 Å². The van der Waals surface area contributed by atoms with Crippen molar-refractivity contribution >= 4 is 22.4 Å². The van der Waals surface area contributed by atoms with Gasteiger partial charge in [-0.15, -0.1) is 11.3 Å². The van der Waals surface area contributed by atoms with Crippen LogP contribution < -0.4 is 5.32 Å². The minimum atomic E-state index is 0.281. The van der Waals surface area contributed by atoms with Gasteiger partial charge in [0.05, 0.1) is 6.04 Å². The van der Waals surface area contributed by atoms with E-state index >= 15 is 0 Å². The van der Waals surface area contributed by atoms with Gasteiger partial charge in [0.25, 0.3) is 0 Å². The third kappa shape index (κ3) is 2.92. The van der Waals surface area contributed by atoms with Crippen LogP contribution in [0, 0.1) is 0 Å². The topological polar surface area (TPSA) is 38.1 Å². The maximum absolute atomic E-state index is 5.83. The standard InChI is InChI=1S/C16H18N2OS/c1-2-9-17-13(15-8-5-10-20-15)11-16-18-12-6-3-4-7-14(12)19-16/h3-8,10,13,17H,2,9,11H2,1H3. The number of aromatic nitrogens is 1. The van der Waals surface area contributed by atoms with Gasteiger partial charge in [0, 0.05) is 11.3 Å². The fourth-order valence-electron chi connectivity index (χ4n) is 2.26. The number of oxazole rings is 1. The Labute approximate surface area is 122 Å². The number of hydrogen-bond donors (Lipinski definition) is 1. The van der Waals surface area contributed by atoms with Gasteiger partial charge in [-0.1, -0.05) is 25.1 Å². The van der Waals surface area contributed by atoms with Gasteiger partial charge >= 0.3 is 0 Å². The Kier molecular flexibility index (Phi) is 4.14. The van der Waals surface area contributed by atoms with Gasteiger partial charge < -0.3 is 9.73 Å². The van der Waals surface area contributed by atoms with E-state index in [4.69, 9.17) is 4.42 Å². The van der Waals surface area contributed by atoms with Crippen molar-refractivity contribution in [3.63, 3.8) is 0 Å². The summed E-state index contributed by atoms with van der Waals surface area (Å²) >= 11 is 1.78. The van der Waals surface area contributed by atoms with E-state index in [-0.39, 0.29) is 6.04 Å². The molecule has 2 heterocycles. The summed E-state index contributed by atoms with van der Waals surface area (Å²) in [6.07, 6.45) is 1.91. The summed E-state index contributed by atoms with van der Waals surface area (Å²) in [5.74, 6) is 0.799. The second-order valence-corrected chi connectivity index (χ2v) is 5.78. The van der Waals surface area contributed by atoms with E-state index in [0.717, 1.165) is 36.4 Å². The molecule has 3 nitrogen and oxygen atoms in total. The quantitative estimate of drug-likeness (QED) is 0.739. The van der Waals surface area contributed by atoms with Crippen molar-refractivity contribution in [3.05, 3.63) is 52.5 Å². The molecule has 0 aliphatic rings. The Bertz CT molecular complexity index is 627. The maximum Gasteiger partial charge on any atom is 0.197 e. The highest BCUT2D eigenvalue weighted by atomic mass is 32.1. The molecule has 1 unspecified atom stereocenters. The van der Waals surface area contributed by atoms with Crippen molar-refractivity contribution in [2.24, 2.45) is 0 Å². The zero-order valence-corrected chi connectivity index (χ0v) is 12.3. The predicted octanol–water partition coefficient (Wildman–Crippen LogP) is 4.17. The van der Waals surface area contributed by atoms with E-state index in [2.05, 4.69) is 34.7 Å². The molecular formula is C16H18N2OS. The molecule has 0 bridgehead atoms. The molecule has 4 heteroatoms. The van der Waals surface area contributed by atoms with Crippen LogP contribution in [0.3, 0.4) is 0 Å². The summed E-state index contributed by atoms with van der Waals surface area (Å²) < 4.78 is 5.83. The molecule has 0 fully saturated rings. The minimum Gasteiger partial charge on any atom is -0.441 e. The van der Waals surface area contributed by atoms with Gasteiger partial charge in [0.2, 0.25) is 0 Å². The van der Waals surface area contributed by atoms with Crippen LogP contribution in [-0.4, -0.2) is 11.5 Å². The molecule has 0 amide bonds. The molecule has 3 rings (SSSR count). The first-order valence-corrected chi connectivity index (χ1v) is 7.86. The molecule has 20 heavy (non-hydrogen) atoms. The summed E-state index contributed by atoms with van der Waals surface area (Å²) in [7, 11) is 0. The second kappa shape index (κ2) is 6.20. The van der Waals surface area contributed by atoms with Crippen molar-refractivity contribution in [2.75, 3.05) is 6.54 Å². The normalized spacial score (nSPS) is 12.8. The number of nitrogens with zero attached hydrogens (tertiary/aromatic N) is 1. The van der Waals surface area contributed by atoms with Crippen molar-refractivity contribution in [2.45, 2.75) is 25.8 Å². The Hall–Kier alpha value is -1.65. The summed E-state index contributed by atoms with van der Waals surface area (Å²) in [5, 5.41) is 5.69. The number of para-hydroxylation sites is 2. The van der Waals surface area contributed by atoms with E-state index in [0.29, 0.717) is 0 Å². The van der Waals surface area contributed by atoms with Crippen LogP contribution in [-0.2, 0) is 6.42 Å². The number of nitrogens with one attached hydrogen (secondary N) is 1. The Morgan fingerprint density at radius 1 is 1.25 bits per heavy atom. The number of thiophene rings is 1. The fourth-order valence-corrected chi connectivity index (χ4v) is 3.07. The van der Waals surface area contributed by atoms with Crippen LogP contribution in [0.25, 0.3) is 11.1 Å². The molecule has 3 aromatic rings. The monoisotopic (exact) mass is 286 g/mol. The number of benzene rings is 1. The lowest BCUT2D eigenvalue weighted by Gasteiger charge is -2.15. The minimum absolute atomic E-state index is 0.281. The SMILES string of the molecule is CCCNC(Cc1nc2ccccc2o1)c1cccs1.